The van der Waals surface area contributed by atoms with E-state index < -0.39 is 0 Å². The van der Waals surface area contributed by atoms with Gasteiger partial charge in [-0.3, -0.25) is 0 Å². The van der Waals surface area contributed by atoms with Gasteiger partial charge in [0, 0.05) is 5.57 Å². The van der Waals surface area contributed by atoms with Crippen LogP contribution in [0.15, 0.2) is 12.2 Å². The standard InChI is InChI=1S/C11H20O2/c1-6-11(7-2,8-3)13-10(12)9(4)5/h4,6-8H2,1-3,5H3. The molecule has 2 nitrogen and oxygen atoms in total. The van der Waals surface area contributed by atoms with E-state index in [-0.39, 0.29) is 11.6 Å². The molecule has 0 aliphatic carbocycles. The lowest BCUT2D eigenvalue weighted by atomic mass is 9.94. The van der Waals surface area contributed by atoms with E-state index in [0.29, 0.717) is 5.57 Å². The Morgan fingerprint density at radius 1 is 1.23 bits per heavy atom. The van der Waals surface area contributed by atoms with Gasteiger partial charge in [-0.1, -0.05) is 27.4 Å². The molecule has 0 amide bonds. The first kappa shape index (κ1) is 12.2. The molecule has 0 radical (unpaired) electrons. The first-order valence-corrected chi connectivity index (χ1v) is 4.90. The van der Waals surface area contributed by atoms with Crippen LogP contribution in [0.2, 0.25) is 0 Å². The molecule has 0 saturated heterocycles. The number of ether oxygens (including phenoxy) is 1. The highest BCUT2D eigenvalue weighted by Crippen LogP contribution is 2.25. The SMILES string of the molecule is C=C(C)C(=O)OC(CC)(CC)CC. The number of esters is 1. The molecule has 76 valence electrons. The molecule has 0 unspecified atom stereocenters. The molecule has 0 saturated carbocycles. The van der Waals surface area contributed by atoms with Gasteiger partial charge >= 0.3 is 5.97 Å². The molecular formula is C11H20O2. The molecule has 0 fully saturated rings. The van der Waals surface area contributed by atoms with Crippen LogP contribution in [-0.2, 0) is 9.53 Å². The van der Waals surface area contributed by atoms with E-state index in [1.165, 1.54) is 0 Å². The second-order valence-electron chi connectivity index (χ2n) is 3.41. The van der Waals surface area contributed by atoms with Crippen molar-refractivity contribution in [3.05, 3.63) is 12.2 Å². The molecule has 0 aliphatic rings. The van der Waals surface area contributed by atoms with Crippen molar-refractivity contribution in [2.75, 3.05) is 0 Å². The lowest BCUT2D eigenvalue weighted by Gasteiger charge is -2.30. The van der Waals surface area contributed by atoms with E-state index in [4.69, 9.17) is 4.74 Å². The zero-order valence-corrected chi connectivity index (χ0v) is 9.14. The molecule has 0 atom stereocenters. The van der Waals surface area contributed by atoms with Gasteiger partial charge in [-0.05, 0) is 26.2 Å². The third-order valence-corrected chi connectivity index (χ3v) is 2.59. The van der Waals surface area contributed by atoms with Gasteiger partial charge in [-0.15, -0.1) is 0 Å². The zero-order valence-electron chi connectivity index (χ0n) is 9.14. The van der Waals surface area contributed by atoms with Gasteiger partial charge in [0.25, 0.3) is 0 Å². The van der Waals surface area contributed by atoms with Crippen molar-refractivity contribution in [1.82, 2.24) is 0 Å². The van der Waals surface area contributed by atoms with Crippen molar-refractivity contribution in [2.45, 2.75) is 52.6 Å². The molecule has 0 rings (SSSR count). The van der Waals surface area contributed by atoms with Gasteiger partial charge in [0.05, 0.1) is 0 Å². The maximum atomic E-state index is 11.3. The fourth-order valence-electron chi connectivity index (χ4n) is 1.25. The number of carbonyl (C=O) groups is 1. The van der Waals surface area contributed by atoms with Crippen LogP contribution >= 0.6 is 0 Å². The van der Waals surface area contributed by atoms with Crippen molar-refractivity contribution in [1.29, 1.82) is 0 Å². The van der Waals surface area contributed by atoms with E-state index in [0.717, 1.165) is 19.3 Å². The Hall–Kier alpha value is -0.790. The van der Waals surface area contributed by atoms with Gasteiger partial charge in [-0.2, -0.15) is 0 Å². The topological polar surface area (TPSA) is 26.3 Å². The Balaban J connectivity index is 4.42. The van der Waals surface area contributed by atoms with Gasteiger partial charge < -0.3 is 4.74 Å². The largest absolute Gasteiger partial charge is 0.456 e. The number of rotatable bonds is 5. The summed E-state index contributed by atoms with van der Waals surface area (Å²) in [5, 5.41) is 0. The Morgan fingerprint density at radius 3 is 1.85 bits per heavy atom. The quantitative estimate of drug-likeness (QED) is 0.485. The van der Waals surface area contributed by atoms with E-state index in [1.807, 2.05) is 20.8 Å². The van der Waals surface area contributed by atoms with Gasteiger partial charge in [0.15, 0.2) is 0 Å². The molecule has 0 heterocycles. The number of hydrogen-bond acceptors (Lipinski definition) is 2. The first-order chi connectivity index (χ1) is 6.01. The van der Waals surface area contributed by atoms with Crippen molar-refractivity contribution in [3.8, 4) is 0 Å². The third kappa shape index (κ3) is 3.21. The summed E-state index contributed by atoms with van der Waals surface area (Å²) < 4.78 is 5.41. The summed E-state index contributed by atoms with van der Waals surface area (Å²) in [6.07, 6.45) is 2.58. The van der Waals surface area contributed by atoms with E-state index in [2.05, 4.69) is 6.58 Å². The Kier molecular flexibility index (Phi) is 4.74. The summed E-state index contributed by atoms with van der Waals surface area (Å²) in [6.45, 7) is 11.4. The van der Waals surface area contributed by atoms with Crippen molar-refractivity contribution in [3.63, 3.8) is 0 Å². The minimum atomic E-state index is -0.282. The summed E-state index contributed by atoms with van der Waals surface area (Å²) in [5.41, 5.74) is 0.190. The highest BCUT2D eigenvalue weighted by molar-refractivity contribution is 5.87. The molecule has 0 spiro atoms. The molecule has 2 heteroatoms. The number of carbonyl (C=O) groups excluding carboxylic acids is 1. The van der Waals surface area contributed by atoms with Crippen LogP contribution in [0, 0.1) is 0 Å². The summed E-state index contributed by atoms with van der Waals surface area (Å²) in [6, 6.07) is 0. The Morgan fingerprint density at radius 2 is 1.62 bits per heavy atom. The first-order valence-electron chi connectivity index (χ1n) is 4.90. The molecule has 0 aromatic heterocycles. The second kappa shape index (κ2) is 5.05. The molecule has 0 N–H and O–H groups in total. The summed E-state index contributed by atoms with van der Waals surface area (Å²) in [5.74, 6) is -0.273. The lowest BCUT2D eigenvalue weighted by Crippen LogP contribution is -2.33. The predicted octanol–water partition coefficient (Wildman–Crippen LogP) is 3.07. The average Bonchev–Trinajstić information content (AvgIpc) is 2.14. The van der Waals surface area contributed by atoms with E-state index in [9.17, 15) is 4.79 Å². The smallest absolute Gasteiger partial charge is 0.333 e. The summed E-state index contributed by atoms with van der Waals surface area (Å²) >= 11 is 0. The predicted molar refractivity (Wildman–Crippen MR) is 54.5 cm³/mol. The number of hydrogen-bond donors (Lipinski definition) is 0. The highest BCUT2D eigenvalue weighted by atomic mass is 16.6. The molecule has 0 aromatic carbocycles. The zero-order chi connectivity index (χ0) is 10.5. The van der Waals surface area contributed by atoms with Crippen LogP contribution in [0.3, 0.4) is 0 Å². The van der Waals surface area contributed by atoms with Gasteiger partial charge in [0.1, 0.15) is 5.60 Å². The highest BCUT2D eigenvalue weighted by Gasteiger charge is 2.28. The van der Waals surface area contributed by atoms with Crippen LogP contribution < -0.4 is 0 Å². The van der Waals surface area contributed by atoms with Gasteiger partial charge in [0.2, 0.25) is 0 Å². The maximum Gasteiger partial charge on any atom is 0.333 e. The van der Waals surface area contributed by atoms with Crippen molar-refractivity contribution in [2.24, 2.45) is 0 Å². The molecule has 13 heavy (non-hydrogen) atoms. The maximum absolute atomic E-state index is 11.3. The van der Waals surface area contributed by atoms with Crippen LogP contribution in [0.5, 0.6) is 0 Å². The second-order valence-corrected chi connectivity index (χ2v) is 3.41. The van der Waals surface area contributed by atoms with Crippen LogP contribution in [0.4, 0.5) is 0 Å². The molecule has 0 bridgehead atoms. The van der Waals surface area contributed by atoms with E-state index in [1.54, 1.807) is 6.92 Å². The normalized spacial score (nSPS) is 11.1. The van der Waals surface area contributed by atoms with Crippen molar-refractivity contribution >= 4 is 5.97 Å². The molecular weight excluding hydrogens is 164 g/mol. The third-order valence-electron chi connectivity index (χ3n) is 2.59. The van der Waals surface area contributed by atoms with Crippen LogP contribution in [0.25, 0.3) is 0 Å². The molecule has 0 aromatic rings. The van der Waals surface area contributed by atoms with Crippen LogP contribution in [0.1, 0.15) is 47.0 Å². The fourth-order valence-corrected chi connectivity index (χ4v) is 1.25. The minimum absolute atomic E-state index is 0.273. The van der Waals surface area contributed by atoms with E-state index >= 15 is 0 Å². The Labute approximate surface area is 81.0 Å². The lowest BCUT2D eigenvalue weighted by molar-refractivity contribution is -0.156. The summed E-state index contributed by atoms with van der Waals surface area (Å²) in [7, 11) is 0. The van der Waals surface area contributed by atoms with Crippen molar-refractivity contribution < 1.29 is 9.53 Å². The average molecular weight is 184 g/mol. The monoisotopic (exact) mass is 184 g/mol. The molecule has 0 aliphatic heterocycles. The van der Waals surface area contributed by atoms with Crippen LogP contribution in [-0.4, -0.2) is 11.6 Å². The van der Waals surface area contributed by atoms with Gasteiger partial charge in [-0.25, -0.2) is 4.79 Å². The minimum Gasteiger partial charge on any atom is -0.456 e. The fraction of sp³-hybridized carbons (Fsp3) is 0.727. The summed E-state index contributed by atoms with van der Waals surface area (Å²) in [4.78, 5) is 11.3. The Bertz CT molecular complexity index is 182.